The number of carboxylic acids is 1. The molecular weight excluding hydrogens is 270 g/mol. The SMILES string of the molecule is O=C(O)CC1CCCCN1CC1COc2ccccc2O1. The Labute approximate surface area is 124 Å². The van der Waals surface area contributed by atoms with Gasteiger partial charge in [-0.3, -0.25) is 9.69 Å². The number of benzene rings is 1. The van der Waals surface area contributed by atoms with Gasteiger partial charge in [-0.05, 0) is 31.5 Å². The molecule has 2 aliphatic heterocycles. The van der Waals surface area contributed by atoms with Crippen molar-refractivity contribution in [3.8, 4) is 11.5 Å². The lowest BCUT2D eigenvalue weighted by atomic mass is 9.99. The van der Waals surface area contributed by atoms with Gasteiger partial charge in [-0.25, -0.2) is 0 Å². The highest BCUT2D eigenvalue weighted by Gasteiger charge is 2.29. The maximum absolute atomic E-state index is 11.0. The Balaban J connectivity index is 1.62. The zero-order valence-corrected chi connectivity index (χ0v) is 12.0. The molecule has 5 nitrogen and oxygen atoms in total. The number of rotatable bonds is 4. The molecular formula is C16H21NO4. The first-order valence-electron chi connectivity index (χ1n) is 7.56. The topological polar surface area (TPSA) is 59.0 Å². The molecule has 0 aliphatic carbocycles. The molecule has 114 valence electrons. The van der Waals surface area contributed by atoms with Crippen LogP contribution in [0.15, 0.2) is 24.3 Å². The van der Waals surface area contributed by atoms with E-state index in [1.165, 1.54) is 0 Å². The Bertz CT molecular complexity index is 505. The van der Waals surface area contributed by atoms with Gasteiger partial charge in [-0.1, -0.05) is 18.6 Å². The lowest BCUT2D eigenvalue weighted by Gasteiger charge is -2.38. The summed E-state index contributed by atoms with van der Waals surface area (Å²) < 4.78 is 11.7. The summed E-state index contributed by atoms with van der Waals surface area (Å²) in [5.74, 6) is 0.841. The van der Waals surface area contributed by atoms with Gasteiger partial charge in [0.1, 0.15) is 12.7 Å². The van der Waals surface area contributed by atoms with Crippen LogP contribution in [-0.4, -0.2) is 47.8 Å². The maximum Gasteiger partial charge on any atom is 0.304 e. The van der Waals surface area contributed by atoms with Crippen molar-refractivity contribution in [3.05, 3.63) is 24.3 Å². The molecule has 0 bridgehead atoms. The number of aliphatic carboxylic acids is 1. The minimum Gasteiger partial charge on any atom is -0.486 e. The second kappa shape index (κ2) is 6.35. The minimum atomic E-state index is -0.724. The molecule has 1 fully saturated rings. The molecule has 0 radical (unpaired) electrons. The van der Waals surface area contributed by atoms with Crippen molar-refractivity contribution in [2.75, 3.05) is 19.7 Å². The summed E-state index contributed by atoms with van der Waals surface area (Å²) >= 11 is 0. The minimum absolute atomic E-state index is 0.0331. The predicted octanol–water partition coefficient (Wildman–Crippen LogP) is 2.16. The van der Waals surface area contributed by atoms with Crippen molar-refractivity contribution >= 4 is 5.97 Å². The summed E-state index contributed by atoms with van der Waals surface area (Å²) in [7, 11) is 0. The molecule has 1 saturated heterocycles. The van der Waals surface area contributed by atoms with Crippen LogP contribution in [0.4, 0.5) is 0 Å². The number of carboxylic acid groups (broad SMARTS) is 1. The molecule has 1 N–H and O–H groups in total. The highest BCUT2D eigenvalue weighted by Crippen LogP contribution is 2.31. The molecule has 1 aromatic carbocycles. The van der Waals surface area contributed by atoms with Crippen LogP contribution in [0, 0.1) is 0 Å². The van der Waals surface area contributed by atoms with Gasteiger partial charge in [0.2, 0.25) is 0 Å². The van der Waals surface area contributed by atoms with Gasteiger partial charge in [0, 0.05) is 12.6 Å². The van der Waals surface area contributed by atoms with E-state index in [1.54, 1.807) is 0 Å². The molecule has 5 heteroatoms. The summed E-state index contributed by atoms with van der Waals surface area (Å²) in [6, 6.07) is 7.79. The van der Waals surface area contributed by atoms with Crippen LogP contribution < -0.4 is 9.47 Å². The quantitative estimate of drug-likeness (QED) is 0.921. The van der Waals surface area contributed by atoms with Crippen LogP contribution >= 0.6 is 0 Å². The van der Waals surface area contributed by atoms with Crippen LogP contribution in [0.5, 0.6) is 11.5 Å². The van der Waals surface area contributed by atoms with Crippen LogP contribution in [0.2, 0.25) is 0 Å². The fourth-order valence-corrected chi connectivity index (χ4v) is 3.15. The Morgan fingerprint density at radius 3 is 2.90 bits per heavy atom. The molecule has 2 unspecified atom stereocenters. The van der Waals surface area contributed by atoms with E-state index >= 15 is 0 Å². The Morgan fingerprint density at radius 2 is 2.10 bits per heavy atom. The average molecular weight is 291 g/mol. The summed E-state index contributed by atoms with van der Waals surface area (Å²) in [6.45, 7) is 2.19. The van der Waals surface area contributed by atoms with E-state index in [1.807, 2.05) is 24.3 Å². The molecule has 2 aliphatic rings. The van der Waals surface area contributed by atoms with Crippen LogP contribution in [-0.2, 0) is 4.79 Å². The van der Waals surface area contributed by atoms with E-state index in [-0.39, 0.29) is 18.6 Å². The maximum atomic E-state index is 11.0. The Hall–Kier alpha value is -1.75. The summed E-state index contributed by atoms with van der Waals surface area (Å²) in [5, 5.41) is 9.04. The van der Waals surface area contributed by atoms with E-state index in [2.05, 4.69) is 4.90 Å². The molecule has 2 atom stereocenters. The normalized spacial score (nSPS) is 25.5. The molecule has 21 heavy (non-hydrogen) atoms. The van der Waals surface area contributed by atoms with E-state index in [9.17, 15) is 4.79 Å². The number of hydrogen-bond donors (Lipinski definition) is 1. The highest BCUT2D eigenvalue weighted by atomic mass is 16.6. The number of piperidine rings is 1. The van der Waals surface area contributed by atoms with Crippen LogP contribution in [0.25, 0.3) is 0 Å². The first kappa shape index (κ1) is 14.2. The van der Waals surface area contributed by atoms with Crippen molar-refractivity contribution < 1.29 is 19.4 Å². The highest BCUT2D eigenvalue weighted by molar-refractivity contribution is 5.67. The number of para-hydroxylation sites is 2. The smallest absolute Gasteiger partial charge is 0.304 e. The summed E-state index contributed by atoms with van der Waals surface area (Å²) in [5.41, 5.74) is 0. The van der Waals surface area contributed by atoms with E-state index in [0.29, 0.717) is 6.61 Å². The molecule has 2 heterocycles. The molecule has 0 amide bonds. The zero-order chi connectivity index (χ0) is 14.7. The van der Waals surface area contributed by atoms with Crippen molar-refractivity contribution in [1.82, 2.24) is 4.90 Å². The average Bonchev–Trinajstić information content (AvgIpc) is 2.49. The molecule has 0 spiro atoms. The lowest BCUT2D eigenvalue weighted by Crippen LogP contribution is -2.48. The van der Waals surface area contributed by atoms with Gasteiger partial charge < -0.3 is 14.6 Å². The second-order valence-corrected chi connectivity index (χ2v) is 5.74. The number of fused-ring (bicyclic) bond motifs is 1. The van der Waals surface area contributed by atoms with Crippen molar-refractivity contribution in [2.45, 2.75) is 37.8 Å². The van der Waals surface area contributed by atoms with Crippen molar-refractivity contribution in [2.24, 2.45) is 0 Å². The number of carbonyl (C=O) groups is 1. The molecule has 0 saturated carbocycles. The first-order valence-corrected chi connectivity index (χ1v) is 7.56. The third-order valence-corrected chi connectivity index (χ3v) is 4.16. The second-order valence-electron chi connectivity index (χ2n) is 5.74. The fraction of sp³-hybridized carbons (Fsp3) is 0.562. The van der Waals surface area contributed by atoms with E-state index in [0.717, 1.165) is 43.9 Å². The lowest BCUT2D eigenvalue weighted by molar-refractivity contribution is -0.139. The molecule has 0 aromatic heterocycles. The Morgan fingerprint density at radius 1 is 1.29 bits per heavy atom. The standard InChI is InChI=1S/C16H21NO4/c18-16(19)9-12-5-3-4-8-17(12)10-13-11-20-14-6-1-2-7-15(14)21-13/h1-2,6-7,12-13H,3-5,8-11H2,(H,18,19). The number of hydrogen-bond acceptors (Lipinski definition) is 4. The van der Waals surface area contributed by atoms with E-state index in [4.69, 9.17) is 14.6 Å². The van der Waals surface area contributed by atoms with Crippen molar-refractivity contribution in [3.63, 3.8) is 0 Å². The van der Waals surface area contributed by atoms with Gasteiger partial charge in [-0.2, -0.15) is 0 Å². The Kier molecular flexibility index (Phi) is 4.29. The predicted molar refractivity (Wildman–Crippen MR) is 77.8 cm³/mol. The number of likely N-dealkylation sites (tertiary alicyclic amines) is 1. The van der Waals surface area contributed by atoms with Gasteiger partial charge in [0.25, 0.3) is 0 Å². The summed E-state index contributed by atoms with van der Waals surface area (Å²) in [4.78, 5) is 13.2. The van der Waals surface area contributed by atoms with Crippen LogP contribution in [0.3, 0.4) is 0 Å². The van der Waals surface area contributed by atoms with E-state index < -0.39 is 5.97 Å². The zero-order valence-electron chi connectivity index (χ0n) is 12.0. The monoisotopic (exact) mass is 291 g/mol. The van der Waals surface area contributed by atoms with Gasteiger partial charge in [-0.15, -0.1) is 0 Å². The fourth-order valence-electron chi connectivity index (χ4n) is 3.15. The van der Waals surface area contributed by atoms with Gasteiger partial charge in [0.15, 0.2) is 11.5 Å². The summed E-state index contributed by atoms with van der Waals surface area (Å²) in [6.07, 6.45) is 3.37. The van der Waals surface area contributed by atoms with Gasteiger partial charge in [0.05, 0.1) is 6.42 Å². The van der Waals surface area contributed by atoms with Crippen molar-refractivity contribution in [1.29, 1.82) is 0 Å². The molecule has 3 rings (SSSR count). The number of ether oxygens (including phenoxy) is 2. The van der Waals surface area contributed by atoms with Gasteiger partial charge >= 0.3 is 5.97 Å². The third-order valence-electron chi connectivity index (χ3n) is 4.16. The largest absolute Gasteiger partial charge is 0.486 e. The number of nitrogens with zero attached hydrogens (tertiary/aromatic N) is 1. The third kappa shape index (κ3) is 3.47. The first-order chi connectivity index (χ1) is 10.2. The van der Waals surface area contributed by atoms with Crippen LogP contribution in [0.1, 0.15) is 25.7 Å². The molecule has 1 aromatic rings.